The van der Waals surface area contributed by atoms with Crippen molar-refractivity contribution in [2.45, 2.75) is 6.92 Å². The van der Waals surface area contributed by atoms with Crippen LogP contribution in [0.5, 0.6) is 0 Å². The Morgan fingerprint density at radius 2 is 2.57 bits per heavy atom. The van der Waals surface area contributed by atoms with E-state index >= 15 is 0 Å². The summed E-state index contributed by atoms with van der Waals surface area (Å²) < 4.78 is 0. The lowest BCUT2D eigenvalue weighted by Crippen LogP contribution is -2.10. The van der Waals surface area contributed by atoms with Crippen molar-refractivity contribution in [3.63, 3.8) is 0 Å². The van der Waals surface area contributed by atoms with Crippen molar-refractivity contribution >= 4 is 11.9 Å². The van der Waals surface area contributed by atoms with Crippen LogP contribution in [-0.2, 0) is 0 Å². The summed E-state index contributed by atoms with van der Waals surface area (Å²) in [5.74, 6) is 0. The summed E-state index contributed by atoms with van der Waals surface area (Å²) in [6, 6.07) is 0. The van der Waals surface area contributed by atoms with E-state index in [1.807, 2.05) is 6.92 Å². The van der Waals surface area contributed by atoms with Gasteiger partial charge in [0.25, 0.3) is 0 Å². The van der Waals surface area contributed by atoms with Crippen molar-refractivity contribution in [2.75, 3.05) is 7.05 Å². The largest absolute Gasteiger partial charge is 0.220 e. The molecule has 1 heterocycles. The molecule has 0 spiro atoms. The molecule has 3 nitrogen and oxygen atoms in total. The molecule has 0 aromatic rings. The highest BCUT2D eigenvalue weighted by atomic mass is 15.7. The molecule has 0 saturated heterocycles. The van der Waals surface area contributed by atoms with Crippen molar-refractivity contribution in [2.24, 2.45) is 5.10 Å². The highest BCUT2D eigenvalue weighted by Gasteiger charge is 2.10. The highest BCUT2D eigenvalue weighted by molar-refractivity contribution is 6.29. The quantitative estimate of drug-likeness (QED) is 0.405. The number of rotatable bonds is 0. The number of hydrogen-bond donors (Lipinski definition) is 0. The van der Waals surface area contributed by atoms with Gasteiger partial charge in [0.2, 0.25) is 11.9 Å². The van der Waals surface area contributed by atoms with E-state index in [4.69, 9.17) is 0 Å². The van der Waals surface area contributed by atoms with Gasteiger partial charge in [-0.3, -0.25) is 0 Å². The Balaban J connectivity index is 2.69. The first-order valence-corrected chi connectivity index (χ1v) is 2.12. The molecule has 0 atom stereocenters. The van der Waals surface area contributed by atoms with Crippen LogP contribution < -0.4 is 5.10 Å². The summed E-state index contributed by atoms with van der Waals surface area (Å²) in [4.78, 5) is 0. The Kier molecular flexibility index (Phi) is 0.817. The molecular weight excluding hydrogens is 90.1 g/mol. The molecule has 0 unspecified atom stereocenters. The van der Waals surface area contributed by atoms with Crippen LogP contribution in [0.3, 0.4) is 0 Å². The summed E-state index contributed by atoms with van der Waals surface area (Å²) in [7, 11) is 1.80. The molecule has 1 radical (unpaired) electrons. The van der Waals surface area contributed by atoms with Crippen molar-refractivity contribution in [3.05, 3.63) is 0 Å². The molecule has 37 valence electrons. The third kappa shape index (κ3) is 0.765. The Morgan fingerprint density at radius 3 is 2.71 bits per heavy atom. The summed E-state index contributed by atoms with van der Waals surface area (Å²) in [5.41, 5.74) is 0.961. The van der Waals surface area contributed by atoms with Gasteiger partial charge in [-0.2, -0.15) is 0 Å². The van der Waals surface area contributed by atoms with Crippen LogP contribution in [0.15, 0.2) is 5.10 Å². The lowest BCUT2D eigenvalue weighted by atomic mass is 10.5. The zero-order valence-corrected chi connectivity index (χ0v) is 4.42. The van der Waals surface area contributed by atoms with E-state index in [0.717, 1.165) is 5.71 Å². The molecule has 1 aliphatic rings. The molecule has 7 heavy (non-hydrogen) atoms. The fraction of sp³-hybridized carbons (Fsp3) is 0.500. The van der Waals surface area contributed by atoms with Crippen LogP contribution in [0.1, 0.15) is 6.92 Å². The Labute approximate surface area is 42.3 Å². The minimum atomic E-state index is 0.961. The van der Waals surface area contributed by atoms with Crippen LogP contribution in [-0.4, -0.2) is 24.1 Å². The van der Waals surface area contributed by atoms with Gasteiger partial charge in [-0.1, -0.05) is 0 Å². The number of hydrazone groups is 2. The van der Waals surface area contributed by atoms with Crippen molar-refractivity contribution in [1.29, 1.82) is 0 Å². The smallest absolute Gasteiger partial charge is 0.00627 e. The van der Waals surface area contributed by atoms with E-state index in [1.165, 1.54) is 5.12 Å². The van der Waals surface area contributed by atoms with Crippen LogP contribution in [0.25, 0.3) is 0 Å². The second-order valence-corrected chi connectivity index (χ2v) is 1.48. The van der Waals surface area contributed by atoms with E-state index < -0.39 is 0 Å². The van der Waals surface area contributed by atoms with Crippen molar-refractivity contribution < 1.29 is 0 Å². The Bertz CT molecular complexity index is 125. The molecule has 0 saturated carbocycles. The second-order valence-electron chi connectivity index (χ2n) is 1.48. The molecule has 0 aliphatic carbocycles. The molecule has 0 bridgehead atoms. The Morgan fingerprint density at radius 1 is 1.86 bits per heavy atom. The molecule has 1 rings (SSSR count). The fourth-order valence-corrected chi connectivity index (χ4v) is 0.447. The SMILES string of the molecule is CC1=[N+]N(C)N=C1. The van der Waals surface area contributed by atoms with E-state index in [2.05, 4.69) is 10.2 Å². The molecule has 3 heteroatoms. The summed E-state index contributed by atoms with van der Waals surface area (Å²) in [5, 5.41) is 9.28. The van der Waals surface area contributed by atoms with Crippen molar-refractivity contribution in [1.82, 2.24) is 10.2 Å². The second kappa shape index (κ2) is 1.33. The van der Waals surface area contributed by atoms with Crippen molar-refractivity contribution in [3.8, 4) is 0 Å². The zero-order valence-electron chi connectivity index (χ0n) is 4.42. The van der Waals surface area contributed by atoms with Gasteiger partial charge in [0.05, 0.1) is 7.05 Å². The highest BCUT2D eigenvalue weighted by Crippen LogP contribution is 1.80. The maximum absolute atomic E-state index is 3.92. The first-order chi connectivity index (χ1) is 3.29. The zero-order chi connectivity index (χ0) is 5.28. The number of nitrogens with zero attached hydrogens (tertiary/aromatic N) is 3. The van der Waals surface area contributed by atoms with E-state index in [-0.39, 0.29) is 0 Å². The van der Waals surface area contributed by atoms with Gasteiger partial charge in [0.15, 0.2) is 0 Å². The third-order valence-corrected chi connectivity index (χ3v) is 0.714. The molecule has 0 N–H and O–H groups in total. The third-order valence-electron chi connectivity index (χ3n) is 0.714. The van der Waals surface area contributed by atoms with Crippen LogP contribution >= 0.6 is 0 Å². The molecular formula is C4H7N3+. The van der Waals surface area contributed by atoms with E-state index in [9.17, 15) is 0 Å². The van der Waals surface area contributed by atoms with Gasteiger partial charge in [-0.15, -0.1) is 0 Å². The predicted molar refractivity (Wildman–Crippen MR) is 29.1 cm³/mol. The van der Waals surface area contributed by atoms with Crippen LogP contribution in [0.4, 0.5) is 0 Å². The first-order valence-electron chi connectivity index (χ1n) is 2.12. The average molecular weight is 97.1 g/mol. The minimum absolute atomic E-state index is 0.961. The van der Waals surface area contributed by atoms with Gasteiger partial charge in [0.1, 0.15) is 0 Å². The minimum Gasteiger partial charge on any atom is -0.00627 e. The standard InChI is InChI=1S/C4H7N3/c1-4-3-5-7(2)6-4/h3H,1-2H3/q+1. The van der Waals surface area contributed by atoms with Crippen LogP contribution in [0.2, 0.25) is 0 Å². The molecule has 0 aromatic carbocycles. The molecule has 0 aromatic heterocycles. The maximum Gasteiger partial charge on any atom is 0.220 e. The fourth-order valence-electron chi connectivity index (χ4n) is 0.447. The first kappa shape index (κ1) is 4.30. The molecule has 1 aliphatic heterocycles. The molecule has 0 amide bonds. The van der Waals surface area contributed by atoms with Gasteiger partial charge >= 0.3 is 0 Å². The van der Waals surface area contributed by atoms with E-state index in [1.54, 1.807) is 13.3 Å². The van der Waals surface area contributed by atoms with Gasteiger partial charge in [0, 0.05) is 17.1 Å². The number of hydrogen-bond acceptors (Lipinski definition) is 3. The summed E-state index contributed by atoms with van der Waals surface area (Å²) in [6.07, 6.45) is 1.72. The van der Waals surface area contributed by atoms with Gasteiger partial charge in [-0.25, -0.2) is 0 Å². The average Bonchev–Trinajstić information content (AvgIpc) is 1.87. The normalized spacial score (nSPS) is 18.0. The van der Waals surface area contributed by atoms with Gasteiger partial charge in [-0.05, 0) is 5.12 Å². The topological polar surface area (TPSA) is 29.7 Å². The summed E-state index contributed by atoms with van der Waals surface area (Å²) in [6.45, 7) is 1.91. The lowest BCUT2D eigenvalue weighted by Gasteiger charge is -1.77. The maximum atomic E-state index is 3.92. The summed E-state index contributed by atoms with van der Waals surface area (Å²) >= 11 is 0. The monoisotopic (exact) mass is 97.1 g/mol. The Hall–Kier alpha value is -0.860. The van der Waals surface area contributed by atoms with Crippen LogP contribution in [0, 0.1) is 0 Å². The lowest BCUT2D eigenvalue weighted by molar-refractivity contribution is 0.338. The predicted octanol–water partition coefficient (Wildman–Crippen LogP) is -0.371. The molecule has 0 fully saturated rings. The van der Waals surface area contributed by atoms with E-state index in [0.29, 0.717) is 0 Å². The van der Waals surface area contributed by atoms with Gasteiger partial charge < -0.3 is 0 Å².